The molecule has 2 aromatic carbocycles. The van der Waals surface area contributed by atoms with Gasteiger partial charge in [-0.15, -0.1) is 0 Å². The van der Waals surface area contributed by atoms with Gasteiger partial charge in [0.1, 0.15) is 11.8 Å². The molecule has 0 radical (unpaired) electrons. The number of benzene rings is 2. The van der Waals surface area contributed by atoms with E-state index in [1.165, 1.54) is 29.5 Å². The van der Waals surface area contributed by atoms with E-state index < -0.39 is 0 Å². The zero-order valence-corrected chi connectivity index (χ0v) is 22.4. The fourth-order valence-corrected chi connectivity index (χ4v) is 3.98. The minimum Gasteiger partial charge on any atom is -0.490 e. The highest BCUT2D eigenvalue weighted by Crippen LogP contribution is 2.32. The summed E-state index contributed by atoms with van der Waals surface area (Å²) in [4.78, 5) is 4.57. The Hall–Kier alpha value is -2.90. The molecule has 0 fully saturated rings. The van der Waals surface area contributed by atoms with Crippen molar-refractivity contribution in [2.75, 3.05) is 25.4 Å². The second-order valence-corrected chi connectivity index (χ2v) is 8.80. The molecule has 0 saturated carbocycles. The smallest absolute Gasteiger partial charge is 0.258 e. The van der Waals surface area contributed by atoms with Gasteiger partial charge in [-0.3, -0.25) is 5.14 Å². The van der Waals surface area contributed by atoms with Crippen molar-refractivity contribution in [3.8, 4) is 34.7 Å². The van der Waals surface area contributed by atoms with Crippen LogP contribution in [0.25, 0.3) is 22.8 Å². The number of rotatable bonds is 9. The zero-order chi connectivity index (χ0) is 26.3. The van der Waals surface area contributed by atoms with E-state index in [9.17, 15) is 5.26 Å². The minimum atomic E-state index is 0.00290. The van der Waals surface area contributed by atoms with E-state index in [1.807, 2.05) is 45.9 Å². The third kappa shape index (κ3) is 8.35. The molecule has 0 aliphatic heterocycles. The van der Waals surface area contributed by atoms with E-state index in [-0.39, 0.29) is 12.7 Å². The molecule has 0 atom stereocenters. The largest absolute Gasteiger partial charge is 0.490 e. The number of nitrogens with zero attached hydrogens (tertiary/aromatic N) is 3. The number of hydrogen-bond donors (Lipinski definition) is 3. The van der Waals surface area contributed by atoms with E-state index in [0.29, 0.717) is 35.1 Å². The van der Waals surface area contributed by atoms with Crippen molar-refractivity contribution >= 4 is 11.9 Å². The van der Waals surface area contributed by atoms with Crippen molar-refractivity contribution in [3.05, 3.63) is 53.1 Å². The Morgan fingerprint density at radius 1 is 1.22 bits per heavy atom. The monoisotopic (exact) mass is 511 g/mol. The molecule has 8 nitrogen and oxygen atoms in total. The van der Waals surface area contributed by atoms with Crippen LogP contribution in [0.4, 0.5) is 0 Å². The summed E-state index contributed by atoms with van der Waals surface area (Å²) in [7, 11) is 0. The van der Waals surface area contributed by atoms with Crippen LogP contribution in [-0.4, -0.2) is 46.8 Å². The molecule has 0 saturated heterocycles. The number of aryl methyl sites for hydroxylation is 1. The van der Waals surface area contributed by atoms with Crippen molar-refractivity contribution < 1.29 is 14.4 Å². The molecule has 1 aliphatic carbocycles. The highest BCUT2D eigenvalue weighted by molar-refractivity contribution is 7.97. The Balaban J connectivity index is 0.000000392. The van der Waals surface area contributed by atoms with Crippen LogP contribution in [0.1, 0.15) is 50.8 Å². The Morgan fingerprint density at radius 2 is 2.03 bits per heavy atom. The van der Waals surface area contributed by atoms with Crippen LogP contribution >= 0.6 is 11.9 Å². The number of hydrogen-bond acceptors (Lipinski definition) is 9. The first-order valence-corrected chi connectivity index (χ1v) is 13.4. The first kappa shape index (κ1) is 29.3. The van der Waals surface area contributed by atoms with Crippen LogP contribution in [0.5, 0.6) is 5.75 Å². The lowest BCUT2D eigenvalue weighted by molar-refractivity contribution is 0.241. The van der Waals surface area contributed by atoms with Gasteiger partial charge >= 0.3 is 0 Å². The summed E-state index contributed by atoms with van der Waals surface area (Å²) in [5, 5.41) is 29.9. The topological polar surface area (TPSA) is 130 Å². The molecule has 0 spiro atoms. The molecular formula is C27H37N5O3S. The van der Waals surface area contributed by atoms with Gasteiger partial charge in [0.05, 0.1) is 18.3 Å². The van der Waals surface area contributed by atoms with E-state index in [2.05, 4.69) is 27.6 Å². The van der Waals surface area contributed by atoms with Crippen LogP contribution in [-0.2, 0) is 12.8 Å². The number of ether oxygens (including phenoxy) is 1. The van der Waals surface area contributed by atoms with Crippen LogP contribution in [0, 0.1) is 11.3 Å². The molecule has 3 aromatic rings. The molecule has 4 rings (SSSR count). The predicted molar refractivity (Wildman–Crippen MR) is 146 cm³/mol. The standard InChI is InChI=1S/C21H19N3O2.C4H12N2OS.C2H6/c1-13(2)25-19-10-9-15(11-16(19)12-22)21-23-20(24-26-21)18-8-4-6-14-5-3-7-17(14)18;5-8-4-2-6-1-3-7;1-2/h4,6,8-11,13H,3,5,7H2,1-2H3;6-7H,1-5H2;1-2H3. The lowest BCUT2D eigenvalue weighted by Crippen LogP contribution is -2.21. The molecule has 194 valence electrons. The van der Waals surface area contributed by atoms with E-state index in [0.717, 1.165) is 30.7 Å². The Morgan fingerprint density at radius 3 is 2.72 bits per heavy atom. The SMILES string of the molecule is CC.CC(C)Oc1ccc(-c2nc(-c3cccc4c3CCC4)no2)cc1C#N.NSCCNCCO. The number of aliphatic hydroxyl groups is 1. The van der Waals surface area contributed by atoms with Crippen LogP contribution in [0.3, 0.4) is 0 Å². The van der Waals surface area contributed by atoms with Crippen LogP contribution in [0.15, 0.2) is 40.9 Å². The van der Waals surface area contributed by atoms with Crippen molar-refractivity contribution in [1.82, 2.24) is 15.5 Å². The van der Waals surface area contributed by atoms with Gasteiger partial charge in [-0.1, -0.05) is 49.2 Å². The predicted octanol–water partition coefficient (Wildman–Crippen LogP) is 4.75. The molecular weight excluding hydrogens is 474 g/mol. The summed E-state index contributed by atoms with van der Waals surface area (Å²) in [6, 6.07) is 13.8. The Bertz CT molecular complexity index is 1110. The van der Waals surface area contributed by atoms with Gasteiger partial charge in [-0.25, -0.2) is 0 Å². The van der Waals surface area contributed by atoms with Crippen LogP contribution < -0.4 is 15.2 Å². The lowest BCUT2D eigenvalue weighted by Gasteiger charge is -2.11. The van der Waals surface area contributed by atoms with E-state index in [1.54, 1.807) is 12.1 Å². The molecule has 4 N–H and O–H groups in total. The van der Waals surface area contributed by atoms with Gasteiger partial charge < -0.3 is 19.7 Å². The summed E-state index contributed by atoms with van der Waals surface area (Å²) in [5.41, 5.74) is 4.89. The molecule has 36 heavy (non-hydrogen) atoms. The van der Waals surface area contributed by atoms with Crippen molar-refractivity contribution in [1.29, 1.82) is 5.26 Å². The maximum absolute atomic E-state index is 9.40. The maximum atomic E-state index is 9.40. The summed E-state index contributed by atoms with van der Waals surface area (Å²) in [6.45, 7) is 9.60. The molecule has 1 heterocycles. The molecule has 0 amide bonds. The number of nitriles is 1. The summed E-state index contributed by atoms with van der Waals surface area (Å²) >= 11 is 1.31. The highest BCUT2D eigenvalue weighted by Gasteiger charge is 2.20. The quantitative estimate of drug-likeness (QED) is 0.275. The third-order valence-electron chi connectivity index (χ3n) is 5.21. The van der Waals surface area contributed by atoms with Gasteiger partial charge in [0.25, 0.3) is 5.89 Å². The number of aliphatic hydroxyl groups excluding tert-OH is 1. The fraction of sp³-hybridized carbons (Fsp3) is 0.444. The molecule has 1 aliphatic rings. The Kier molecular flexibility index (Phi) is 13.0. The minimum absolute atomic E-state index is 0.00290. The fourth-order valence-electron chi connectivity index (χ4n) is 3.72. The molecule has 0 unspecified atom stereocenters. The summed E-state index contributed by atoms with van der Waals surface area (Å²) < 4.78 is 11.1. The number of aromatic nitrogens is 2. The maximum Gasteiger partial charge on any atom is 0.258 e. The van der Waals surface area contributed by atoms with Gasteiger partial charge in [0, 0.05) is 30.0 Å². The second kappa shape index (κ2) is 16.0. The molecule has 9 heteroatoms. The van der Waals surface area contributed by atoms with Gasteiger partial charge in [0.15, 0.2) is 0 Å². The normalized spacial score (nSPS) is 11.6. The van der Waals surface area contributed by atoms with Gasteiger partial charge in [-0.05, 0) is 62.4 Å². The highest BCUT2D eigenvalue weighted by atomic mass is 32.2. The number of nitrogens with two attached hydrogens (primary N) is 1. The van der Waals surface area contributed by atoms with E-state index >= 15 is 0 Å². The summed E-state index contributed by atoms with van der Waals surface area (Å²) in [5.74, 6) is 2.47. The molecule has 1 aromatic heterocycles. The van der Waals surface area contributed by atoms with Crippen molar-refractivity contribution in [3.63, 3.8) is 0 Å². The van der Waals surface area contributed by atoms with Crippen LogP contribution in [0.2, 0.25) is 0 Å². The second-order valence-electron chi connectivity index (χ2n) is 8.05. The van der Waals surface area contributed by atoms with Gasteiger partial charge in [0.2, 0.25) is 5.82 Å². The first-order valence-electron chi connectivity index (χ1n) is 12.4. The van der Waals surface area contributed by atoms with Crippen molar-refractivity contribution in [2.24, 2.45) is 5.14 Å². The average molecular weight is 512 g/mol. The zero-order valence-electron chi connectivity index (χ0n) is 21.6. The van der Waals surface area contributed by atoms with E-state index in [4.69, 9.17) is 19.5 Å². The number of fused-ring (bicyclic) bond motifs is 1. The molecule has 0 bridgehead atoms. The number of nitrogens with one attached hydrogen (secondary N) is 1. The van der Waals surface area contributed by atoms with Gasteiger partial charge in [-0.2, -0.15) is 10.2 Å². The van der Waals surface area contributed by atoms with Crippen molar-refractivity contribution in [2.45, 2.75) is 53.1 Å². The lowest BCUT2D eigenvalue weighted by atomic mass is 10.0. The average Bonchev–Trinajstić information content (AvgIpc) is 3.58. The first-order chi connectivity index (χ1) is 17.6. The third-order valence-corrected chi connectivity index (χ3v) is 5.65. The Labute approximate surface area is 218 Å². The summed E-state index contributed by atoms with van der Waals surface area (Å²) in [6.07, 6.45) is 3.33.